The second-order valence-electron chi connectivity index (χ2n) is 4.43. The molecule has 0 aliphatic heterocycles. The average Bonchev–Trinajstić information content (AvgIpc) is 2.91. The molecule has 1 aromatic heterocycles. The maximum Gasteiger partial charge on any atom is 0.253 e. The Kier molecular flexibility index (Phi) is 5.40. The van der Waals surface area contributed by atoms with Crippen molar-refractivity contribution in [3.05, 3.63) is 56.7 Å². The highest BCUT2D eigenvalue weighted by atomic mass is 35.5. The second-order valence-corrected chi connectivity index (χ2v) is 5.87. The number of halogens is 1. The van der Waals surface area contributed by atoms with Gasteiger partial charge in [0, 0.05) is 33.5 Å². The Morgan fingerprint density at radius 2 is 2.24 bits per heavy atom. The highest BCUT2D eigenvalue weighted by Gasteiger charge is 2.13. The number of amides is 1. The van der Waals surface area contributed by atoms with Gasteiger partial charge in [0.15, 0.2) is 0 Å². The molecule has 1 amide bonds. The number of carbonyl (C=O) groups is 1. The molecule has 0 atom stereocenters. The first kappa shape index (κ1) is 15.6. The number of aliphatic hydroxyl groups excluding tert-OH is 1. The molecule has 0 saturated carbocycles. The van der Waals surface area contributed by atoms with Crippen molar-refractivity contribution in [1.82, 2.24) is 4.90 Å². The van der Waals surface area contributed by atoms with Gasteiger partial charge in [0.1, 0.15) is 6.61 Å². The van der Waals surface area contributed by atoms with E-state index in [2.05, 4.69) is 11.8 Å². The molecule has 0 aliphatic rings. The van der Waals surface area contributed by atoms with Crippen LogP contribution in [0.4, 0.5) is 0 Å². The van der Waals surface area contributed by atoms with Crippen molar-refractivity contribution < 1.29 is 9.90 Å². The summed E-state index contributed by atoms with van der Waals surface area (Å²) in [6.45, 7) is 0.356. The molecule has 0 aliphatic carbocycles. The van der Waals surface area contributed by atoms with Gasteiger partial charge in [0.2, 0.25) is 0 Å². The standard InChI is InChI=1S/C16H14ClNO2S/c1-18(16(20)13-5-2-6-14(17)9-13)10-15-8-12(11-21-15)4-3-7-19/h2,5-6,8-9,11,19H,7,10H2,1H3. The Bertz CT molecular complexity index is 700. The Morgan fingerprint density at radius 3 is 2.95 bits per heavy atom. The summed E-state index contributed by atoms with van der Waals surface area (Å²) >= 11 is 7.44. The van der Waals surface area contributed by atoms with Gasteiger partial charge in [-0.1, -0.05) is 29.5 Å². The van der Waals surface area contributed by atoms with Crippen molar-refractivity contribution in [2.75, 3.05) is 13.7 Å². The van der Waals surface area contributed by atoms with Crippen LogP contribution in [0.5, 0.6) is 0 Å². The summed E-state index contributed by atoms with van der Waals surface area (Å²) in [7, 11) is 1.75. The first-order chi connectivity index (χ1) is 10.1. The third-order valence-electron chi connectivity index (χ3n) is 2.78. The molecule has 2 rings (SSSR count). The van der Waals surface area contributed by atoms with E-state index in [0.29, 0.717) is 17.1 Å². The molecule has 3 nitrogen and oxygen atoms in total. The van der Waals surface area contributed by atoms with Crippen LogP contribution < -0.4 is 0 Å². The summed E-state index contributed by atoms with van der Waals surface area (Å²) in [5.41, 5.74) is 1.43. The lowest BCUT2D eigenvalue weighted by molar-refractivity contribution is 0.0786. The van der Waals surface area contributed by atoms with Crippen molar-refractivity contribution in [1.29, 1.82) is 0 Å². The molecule has 0 spiro atoms. The predicted molar refractivity (Wildman–Crippen MR) is 85.5 cm³/mol. The monoisotopic (exact) mass is 319 g/mol. The first-order valence-corrected chi connectivity index (χ1v) is 7.54. The van der Waals surface area contributed by atoms with Crippen LogP contribution in [-0.4, -0.2) is 29.6 Å². The minimum atomic E-state index is -0.154. The first-order valence-electron chi connectivity index (χ1n) is 6.28. The lowest BCUT2D eigenvalue weighted by atomic mass is 10.2. The Hall–Kier alpha value is -1.80. The zero-order valence-electron chi connectivity index (χ0n) is 11.5. The van der Waals surface area contributed by atoms with Crippen molar-refractivity contribution in [3.63, 3.8) is 0 Å². The van der Waals surface area contributed by atoms with Crippen LogP contribution in [0.1, 0.15) is 20.8 Å². The highest BCUT2D eigenvalue weighted by molar-refractivity contribution is 7.10. The third-order valence-corrected chi connectivity index (χ3v) is 3.93. The van der Waals surface area contributed by atoms with E-state index in [1.54, 1.807) is 36.2 Å². The van der Waals surface area contributed by atoms with Crippen molar-refractivity contribution in [3.8, 4) is 11.8 Å². The van der Waals surface area contributed by atoms with Gasteiger partial charge in [-0.3, -0.25) is 4.79 Å². The molecule has 0 bridgehead atoms. The summed E-state index contributed by atoms with van der Waals surface area (Å²) in [4.78, 5) is 15.0. The van der Waals surface area contributed by atoms with E-state index in [0.717, 1.165) is 10.4 Å². The van der Waals surface area contributed by atoms with Crippen LogP contribution in [-0.2, 0) is 6.54 Å². The molecular formula is C16H14ClNO2S. The fraction of sp³-hybridized carbons (Fsp3) is 0.188. The van der Waals surface area contributed by atoms with Gasteiger partial charge in [-0.15, -0.1) is 11.3 Å². The van der Waals surface area contributed by atoms with E-state index in [1.165, 1.54) is 11.3 Å². The number of thiophene rings is 1. The zero-order valence-corrected chi connectivity index (χ0v) is 13.0. The molecule has 0 fully saturated rings. The molecule has 1 heterocycles. The van der Waals surface area contributed by atoms with Crippen LogP contribution in [0.2, 0.25) is 5.02 Å². The summed E-state index contributed by atoms with van der Waals surface area (Å²) in [6, 6.07) is 8.83. The molecule has 0 radical (unpaired) electrons. The molecule has 0 unspecified atom stereocenters. The summed E-state index contributed by atoms with van der Waals surface area (Å²) in [6.07, 6.45) is 0. The number of hydrogen-bond acceptors (Lipinski definition) is 3. The zero-order chi connectivity index (χ0) is 15.2. The number of hydrogen-bond donors (Lipinski definition) is 1. The molecule has 1 N–H and O–H groups in total. The van der Waals surface area contributed by atoms with Gasteiger partial charge < -0.3 is 10.0 Å². The SMILES string of the molecule is CN(Cc1cc(C#CCO)cs1)C(=O)c1cccc(Cl)c1. The van der Waals surface area contributed by atoms with Gasteiger partial charge >= 0.3 is 0 Å². The third kappa shape index (κ3) is 4.33. The van der Waals surface area contributed by atoms with Crippen LogP contribution >= 0.6 is 22.9 Å². The molecule has 2 aromatic rings. The quantitative estimate of drug-likeness (QED) is 0.883. The number of rotatable bonds is 3. The van der Waals surface area contributed by atoms with Crippen LogP contribution in [0, 0.1) is 11.8 Å². The maximum absolute atomic E-state index is 12.3. The number of aliphatic hydroxyl groups is 1. The Labute approximate surface area is 132 Å². The Morgan fingerprint density at radius 1 is 1.43 bits per heavy atom. The maximum atomic E-state index is 12.3. The van der Waals surface area contributed by atoms with E-state index in [1.807, 2.05) is 11.4 Å². The minimum absolute atomic E-state index is 0.0751. The fourth-order valence-electron chi connectivity index (χ4n) is 1.82. The lowest BCUT2D eigenvalue weighted by Crippen LogP contribution is -2.25. The molecule has 0 saturated heterocycles. The summed E-state index contributed by atoms with van der Waals surface area (Å²) in [5.74, 6) is 5.37. The van der Waals surface area contributed by atoms with E-state index < -0.39 is 0 Å². The molecule has 5 heteroatoms. The minimum Gasteiger partial charge on any atom is -0.384 e. The number of nitrogens with zero attached hydrogens (tertiary/aromatic N) is 1. The van der Waals surface area contributed by atoms with Crippen molar-refractivity contribution in [2.45, 2.75) is 6.54 Å². The van der Waals surface area contributed by atoms with Gasteiger partial charge in [-0.05, 0) is 24.3 Å². The van der Waals surface area contributed by atoms with Crippen molar-refractivity contribution >= 4 is 28.8 Å². The lowest BCUT2D eigenvalue weighted by Gasteiger charge is -2.16. The topological polar surface area (TPSA) is 40.5 Å². The van der Waals surface area contributed by atoms with Gasteiger partial charge in [-0.2, -0.15) is 0 Å². The summed E-state index contributed by atoms with van der Waals surface area (Å²) in [5, 5.41) is 11.1. The highest BCUT2D eigenvalue weighted by Crippen LogP contribution is 2.18. The smallest absolute Gasteiger partial charge is 0.253 e. The van der Waals surface area contributed by atoms with Crippen LogP contribution in [0.25, 0.3) is 0 Å². The van der Waals surface area contributed by atoms with Gasteiger partial charge in [-0.25, -0.2) is 0 Å². The predicted octanol–water partition coefficient (Wildman–Crippen LogP) is 3.02. The largest absolute Gasteiger partial charge is 0.384 e. The second kappa shape index (κ2) is 7.28. The van der Waals surface area contributed by atoms with Crippen LogP contribution in [0.3, 0.4) is 0 Å². The van der Waals surface area contributed by atoms with E-state index >= 15 is 0 Å². The Balaban J connectivity index is 2.05. The molecule has 108 valence electrons. The van der Waals surface area contributed by atoms with Crippen LogP contribution in [0.15, 0.2) is 35.7 Å². The van der Waals surface area contributed by atoms with Gasteiger partial charge in [0.25, 0.3) is 5.91 Å². The average molecular weight is 320 g/mol. The van der Waals surface area contributed by atoms with E-state index in [-0.39, 0.29) is 12.5 Å². The summed E-state index contributed by atoms with van der Waals surface area (Å²) < 4.78 is 0. The van der Waals surface area contributed by atoms with Crippen molar-refractivity contribution in [2.24, 2.45) is 0 Å². The molecule has 21 heavy (non-hydrogen) atoms. The van der Waals surface area contributed by atoms with Gasteiger partial charge in [0.05, 0.1) is 6.54 Å². The normalized spacial score (nSPS) is 9.86. The molecule has 1 aromatic carbocycles. The fourth-order valence-corrected chi connectivity index (χ4v) is 2.88. The van der Waals surface area contributed by atoms with E-state index in [4.69, 9.17) is 16.7 Å². The number of carbonyl (C=O) groups excluding carboxylic acids is 1. The molecular weight excluding hydrogens is 306 g/mol. The number of benzene rings is 1. The van der Waals surface area contributed by atoms with E-state index in [9.17, 15) is 4.79 Å².